The number of guanidine groups is 1. The van der Waals surface area contributed by atoms with Gasteiger partial charge in [0.1, 0.15) is 17.4 Å². The van der Waals surface area contributed by atoms with E-state index >= 15 is 0 Å². The van der Waals surface area contributed by atoms with Gasteiger partial charge in [-0.15, -0.1) is 0 Å². The van der Waals surface area contributed by atoms with Crippen molar-refractivity contribution in [1.29, 1.82) is 5.41 Å². The maximum Gasteiger partial charge on any atom is 0.302 e. The van der Waals surface area contributed by atoms with Crippen molar-refractivity contribution in [1.82, 2.24) is 20.9 Å². The lowest BCUT2D eigenvalue weighted by atomic mass is 9.95. The Balaban J connectivity index is 1.68. The van der Waals surface area contributed by atoms with Crippen molar-refractivity contribution in [3.63, 3.8) is 0 Å². The molecule has 1 unspecified atom stereocenters. The quantitative estimate of drug-likeness (QED) is 0.173. The first-order valence-electron chi connectivity index (χ1n) is 12.7. The summed E-state index contributed by atoms with van der Waals surface area (Å²) in [5.74, 6) is -1.33. The van der Waals surface area contributed by atoms with Crippen LogP contribution in [0, 0.1) is 18.2 Å². The second-order valence-electron chi connectivity index (χ2n) is 9.14. The summed E-state index contributed by atoms with van der Waals surface area (Å²) in [5, 5.41) is 19.1. The van der Waals surface area contributed by atoms with Gasteiger partial charge in [0, 0.05) is 46.7 Å². The fourth-order valence-electron chi connectivity index (χ4n) is 4.35. The molecule has 9 nitrogen and oxygen atoms in total. The topological polar surface area (TPSA) is 127 Å². The normalized spacial score (nSPS) is 15.8. The first-order chi connectivity index (χ1) is 19.2. The first-order valence-corrected chi connectivity index (χ1v) is 13.1. The molecule has 0 aliphatic carbocycles. The number of aromatic nitrogens is 1. The van der Waals surface area contributed by atoms with E-state index in [1.165, 1.54) is 12.1 Å². The molecule has 2 aromatic carbocycles. The van der Waals surface area contributed by atoms with E-state index in [9.17, 15) is 13.6 Å². The van der Waals surface area contributed by atoms with Crippen molar-refractivity contribution >= 4 is 46.8 Å². The molecule has 210 valence electrons. The highest BCUT2D eigenvalue weighted by atomic mass is 35.5. The molecule has 1 aliphatic heterocycles. The number of rotatable bonds is 9. The van der Waals surface area contributed by atoms with Gasteiger partial charge in [-0.25, -0.2) is 9.38 Å². The monoisotopic (exact) mass is 569 g/mol. The van der Waals surface area contributed by atoms with Gasteiger partial charge in [0.25, 0.3) is 5.91 Å². The summed E-state index contributed by atoms with van der Waals surface area (Å²) in [6.45, 7) is 7.27. The number of benzene rings is 2. The third kappa shape index (κ3) is 5.99. The zero-order valence-electron chi connectivity index (χ0n) is 22.5. The molecule has 0 bridgehead atoms. The summed E-state index contributed by atoms with van der Waals surface area (Å²) in [4.78, 5) is 22.5. The Hall–Kier alpha value is -4.25. The lowest BCUT2D eigenvalue weighted by Gasteiger charge is -2.27. The van der Waals surface area contributed by atoms with Crippen LogP contribution in [-0.2, 0) is 11.2 Å². The van der Waals surface area contributed by atoms with Gasteiger partial charge in [0.05, 0.1) is 5.57 Å². The summed E-state index contributed by atoms with van der Waals surface area (Å²) >= 11 is 6.59. The molecule has 1 aliphatic rings. The van der Waals surface area contributed by atoms with Crippen LogP contribution in [0.2, 0.25) is 5.02 Å². The van der Waals surface area contributed by atoms with Crippen molar-refractivity contribution in [2.45, 2.75) is 40.2 Å². The third-order valence-electron chi connectivity index (χ3n) is 6.35. The van der Waals surface area contributed by atoms with Gasteiger partial charge >= 0.3 is 6.01 Å². The average molecular weight is 570 g/mol. The predicted molar refractivity (Wildman–Crippen MR) is 153 cm³/mol. The number of anilines is 1. The fourth-order valence-corrected chi connectivity index (χ4v) is 4.69. The number of allylic oxidation sites excluding steroid dienone is 1. The van der Waals surface area contributed by atoms with Crippen LogP contribution in [-0.4, -0.2) is 36.2 Å². The number of hydrogen-bond donors (Lipinski definition) is 5. The van der Waals surface area contributed by atoms with E-state index in [1.54, 1.807) is 26.0 Å². The predicted octanol–water partition coefficient (Wildman–Crippen LogP) is 5.43. The molecule has 0 saturated heterocycles. The van der Waals surface area contributed by atoms with E-state index in [0.29, 0.717) is 45.9 Å². The summed E-state index contributed by atoms with van der Waals surface area (Å²) in [5.41, 5.74) is 3.47. The Labute approximate surface area is 235 Å². The second-order valence-corrected chi connectivity index (χ2v) is 9.54. The van der Waals surface area contributed by atoms with Gasteiger partial charge in [0.15, 0.2) is 11.5 Å². The molecule has 0 fully saturated rings. The maximum atomic E-state index is 14.2. The van der Waals surface area contributed by atoms with Crippen molar-refractivity contribution in [3.8, 4) is 0 Å². The minimum Gasteiger partial charge on any atom is -0.423 e. The van der Waals surface area contributed by atoms with E-state index in [0.717, 1.165) is 11.8 Å². The van der Waals surface area contributed by atoms with Crippen LogP contribution in [0.15, 0.2) is 62.5 Å². The Morgan fingerprint density at radius 2 is 2.00 bits per heavy atom. The summed E-state index contributed by atoms with van der Waals surface area (Å²) < 4.78 is 34.3. The molecular weight excluding hydrogens is 540 g/mol. The van der Waals surface area contributed by atoms with E-state index in [-0.39, 0.29) is 35.5 Å². The molecule has 1 atom stereocenters. The van der Waals surface area contributed by atoms with Gasteiger partial charge < -0.3 is 25.8 Å². The zero-order valence-corrected chi connectivity index (χ0v) is 23.3. The summed E-state index contributed by atoms with van der Waals surface area (Å²) in [6, 6.07) is 7.56. The Kier molecular flexibility index (Phi) is 8.83. The van der Waals surface area contributed by atoms with Crippen LogP contribution in [0.3, 0.4) is 0 Å². The molecule has 1 aromatic heterocycles. The van der Waals surface area contributed by atoms with Crippen LogP contribution in [0.25, 0.3) is 11.1 Å². The highest BCUT2D eigenvalue weighted by Crippen LogP contribution is 2.35. The Morgan fingerprint density at radius 1 is 1.23 bits per heavy atom. The van der Waals surface area contributed by atoms with Gasteiger partial charge in [-0.3, -0.25) is 10.1 Å². The van der Waals surface area contributed by atoms with Crippen LogP contribution < -0.4 is 21.3 Å². The molecule has 1 amide bonds. The molecule has 0 spiro atoms. The minimum absolute atomic E-state index is 0.00755. The molecule has 4 rings (SSSR count). The highest BCUT2D eigenvalue weighted by molar-refractivity contribution is 6.31. The van der Waals surface area contributed by atoms with E-state index in [4.69, 9.17) is 26.4 Å². The molecule has 0 radical (unpaired) electrons. The third-order valence-corrected chi connectivity index (χ3v) is 6.67. The van der Waals surface area contributed by atoms with Crippen molar-refractivity contribution in [2.24, 2.45) is 4.99 Å². The summed E-state index contributed by atoms with van der Waals surface area (Å²) in [6.07, 6.45) is 1.28. The van der Waals surface area contributed by atoms with Crippen LogP contribution in [0.5, 0.6) is 0 Å². The van der Waals surface area contributed by atoms with E-state index in [1.807, 2.05) is 19.9 Å². The number of oxazole rings is 1. The van der Waals surface area contributed by atoms with Gasteiger partial charge in [-0.1, -0.05) is 30.7 Å². The van der Waals surface area contributed by atoms with Crippen molar-refractivity contribution in [3.05, 3.63) is 80.7 Å². The Morgan fingerprint density at radius 3 is 2.67 bits per heavy atom. The number of carbonyl (C=O) groups excluding carboxylic acids is 1. The van der Waals surface area contributed by atoms with Crippen LogP contribution in [0.4, 0.5) is 14.8 Å². The molecule has 2 heterocycles. The van der Waals surface area contributed by atoms with Crippen molar-refractivity contribution in [2.75, 3.05) is 18.4 Å². The zero-order chi connectivity index (χ0) is 29.0. The Bertz CT molecular complexity index is 1560. The smallest absolute Gasteiger partial charge is 0.302 e. The molecule has 5 N–H and O–H groups in total. The average Bonchev–Trinajstić information content (AvgIpc) is 3.31. The number of amides is 1. The molecular formula is C28H30ClF2N7O2. The largest absolute Gasteiger partial charge is 0.423 e. The van der Waals surface area contributed by atoms with Crippen LogP contribution >= 0.6 is 11.6 Å². The lowest BCUT2D eigenvalue weighted by molar-refractivity contribution is -0.117. The maximum absolute atomic E-state index is 14.2. The number of halogens is 3. The summed E-state index contributed by atoms with van der Waals surface area (Å²) in [7, 11) is 0. The molecule has 3 aromatic rings. The number of nitrogens with one attached hydrogen (secondary N) is 5. The minimum atomic E-state index is -0.837. The van der Waals surface area contributed by atoms with E-state index < -0.39 is 17.9 Å². The van der Waals surface area contributed by atoms with Crippen molar-refractivity contribution < 1.29 is 18.0 Å². The lowest BCUT2D eigenvalue weighted by Crippen LogP contribution is -2.39. The van der Waals surface area contributed by atoms with Crippen LogP contribution in [0.1, 0.15) is 43.5 Å². The highest BCUT2D eigenvalue weighted by Gasteiger charge is 2.31. The van der Waals surface area contributed by atoms with Gasteiger partial charge in [-0.2, -0.15) is 9.37 Å². The van der Waals surface area contributed by atoms with Gasteiger partial charge in [0.2, 0.25) is 5.96 Å². The number of fused-ring (bicyclic) bond motifs is 1. The SMILES string of the molecule is CCN/C(F)=C(\C=N)CNC(=O)C1=C(C)NC(Nc2nc3ccc(F)c(CC)c3o2)=NC1c1ccc(C)cc1Cl. The molecule has 12 heteroatoms. The van der Waals surface area contributed by atoms with Gasteiger partial charge in [-0.05, 0) is 51.0 Å². The number of aryl methyl sites for hydroxylation is 2. The fraction of sp³-hybridized carbons (Fsp3) is 0.286. The number of nitrogens with zero attached hydrogens (tertiary/aromatic N) is 2. The molecule has 40 heavy (non-hydrogen) atoms. The number of carbonyl (C=O) groups is 1. The number of hydrogen-bond acceptors (Lipinski definition) is 8. The molecule has 0 saturated carbocycles. The first kappa shape index (κ1) is 28.8. The second kappa shape index (κ2) is 12.3. The standard InChI is InChI=1S/C28H30ClF2N7O2/c1-5-17-20(30)9-10-21-24(17)40-28(36-21)38-27-35-15(4)22(23(37-27)18-8-7-14(3)11-19(18)29)26(39)34-13-16(12-32)25(31)33-6-2/h7-12,23,32-33H,5-6,13H2,1-4H3,(H,34,39)(H2,35,36,37,38)/b25-16+,32-12?. The van der Waals surface area contributed by atoms with E-state index in [2.05, 4.69) is 26.3 Å². The number of aliphatic imine (C=N–C) groups is 1.